The van der Waals surface area contributed by atoms with E-state index in [4.69, 9.17) is 10.00 Å². The number of hydrogen-bond acceptors (Lipinski definition) is 5. The number of aliphatic hydroxyl groups is 2. The van der Waals surface area contributed by atoms with Crippen molar-refractivity contribution in [3.63, 3.8) is 0 Å². The second-order valence-electron chi connectivity index (χ2n) is 5.40. The van der Waals surface area contributed by atoms with Gasteiger partial charge < -0.3 is 14.9 Å². The van der Waals surface area contributed by atoms with Crippen molar-refractivity contribution in [3.8, 4) is 11.8 Å². The second kappa shape index (κ2) is 7.99. The Balaban J connectivity index is 1.84. The molecule has 1 saturated heterocycles. The average Bonchev–Trinajstić information content (AvgIpc) is 2.53. The van der Waals surface area contributed by atoms with Gasteiger partial charge in [-0.25, -0.2) is 0 Å². The minimum Gasteiger partial charge on any atom is -0.489 e. The molecule has 0 bridgehead atoms. The number of piperidine rings is 1. The Morgan fingerprint density at radius 3 is 2.95 bits per heavy atom. The van der Waals surface area contributed by atoms with Crippen LogP contribution in [0.5, 0.6) is 5.75 Å². The van der Waals surface area contributed by atoms with Crippen LogP contribution < -0.4 is 4.74 Å². The third-order valence-corrected chi connectivity index (χ3v) is 3.84. The van der Waals surface area contributed by atoms with Gasteiger partial charge in [-0.1, -0.05) is 18.6 Å². The molecule has 2 N–H and O–H groups in total. The lowest BCUT2D eigenvalue weighted by Crippen LogP contribution is -2.46. The van der Waals surface area contributed by atoms with Gasteiger partial charge in [-0.2, -0.15) is 5.26 Å². The van der Waals surface area contributed by atoms with Crippen molar-refractivity contribution in [2.24, 2.45) is 0 Å². The van der Waals surface area contributed by atoms with Crippen LogP contribution in [0, 0.1) is 11.3 Å². The van der Waals surface area contributed by atoms with Crippen LogP contribution in [-0.2, 0) is 0 Å². The van der Waals surface area contributed by atoms with Gasteiger partial charge in [0.05, 0.1) is 12.2 Å². The van der Waals surface area contributed by atoms with Crippen molar-refractivity contribution in [2.75, 3.05) is 26.3 Å². The second-order valence-corrected chi connectivity index (χ2v) is 5.40. The molecule has 21 heavy (non-hydrogen) atoms. The Labute approximate surface area is 125 Å². The summed E-state index contributed by atoms with van der Waals surface area (Å²) in [6, 6.07) is 9.20. The van der Waals surface area contributed by atoms with Crippen LogP contribution in [0.2, 0.25) is 0 Å². The summed E-state index contributed by atoms with van der Waals surface area (Å²) in [6.07, 6.45) is 2.57. The first kappa shape index (κ1) is 15.8. The molecule has 1 aliphatic rings. The van der Waals surface area contributed by atoms with Crippen LogP contribution in [0.4, 0.5) is 0 Å². The van der Waals surface area contributed by atoms with Crippen LogP contribution in [0.1, 0.15) is 24.8 Å². The van der Waals surface area contributed by atoms with Gasteiger partial charge in [-0.15, -0.1) is 0 Å². The molecule has 0 aliphatic carbocycles. The number of ether oxygens (including phenoxy) is 1. The maximum absolute atomic E-state index is 10.1. The molecule has 5 heteroatoms. The van der Waals surface area contributed by atoms with E-state index >= 15 is 0 Å². The molecule has 2 rings (SSSR count). The molecular formula is C16H22N2O3. The van der Waals surface area contributed by atoms with Gasteiger partial charge in [-0.05, 0) is 31.5 Å². The third-order valence-electron chi connectivity index (χ3n) is 3.84. The summed E-state index contributed by atoms with van der Waals surface area (Å²) < 4.78 is 5.54. The molecule has 1 aliphatic heterocycles. The Kier molecular flexibility index (Phi) is 6.00. The zero-order valence-electron chi connectivity index (χ0n) is 12.1. The van der Waals surface area contributed by atoms with Gasteiger partial charge in [-0.3, -0.25) is 4.90 Å². The monoisotopic (exact) mass is 290 g/mol. The zero-order valence-corrected chi connectivity index (χ0v) is 12.1. The van der Waals surface area contributed by atoms with E-state index in [0.29, 0.717) is 17.9 Å². The SMILES string of the molecule is N#Cc1ccccc1OCC(O)CN1CCCCC1CO. The highest BCUT2D eigenvalue weighted by Gasteiger charge is 2.23. The number of nitriles is 1. The van der Waals surface area contributed by atoms with Crippen LogP contribution in [-0.4, -0.2) is 53.6 Å². The van der Waals surface area contributed by atoms with E-state index in [-0.39, 0.29) is 19.3 Å². The smallest absolute Gasteiger partial charge is 0.137 e. The Hall–Kier alpha value is -1.61. The summed E-state index contributed by atoms with van der Waals surface area (Å²) >= 11 is 0. The number of likely N-dealkylation sites (tertiary alicyclic amines) is 1. The molecule has 114 valence electrons. The van der Waals surface area contributed by atoms with Crippen LogP contribution in [0.15, 0.2) is 24.3 Å². The zero-order chi connectivity index (χ0) is 15.1. The fraction of sp³-hybridized carbons (Fsp3) is 0.562. The molecule has 5 nitrogen and oxygen atoms in total. The van der Waals surface area contributed by atoms with Gasteiger partial charge in [0.25, 0.3) is 0 Å². The number of nitrogens with zero attached hydrogens (tertiary/aromatic N) is 2. The van der Waals surface area contributed by atoms with E-state index in [9.17, 15) is 10.2 Å². The molecule has 1 aromatic carbocycles. The van der Waals surface area contributed by atoms with Gasteiger partial charge in [0.15, 0.2) is 0 Å². The van der Waals surface area contributed by atoms with E-state index in [1.165, 1.54) is 0 Å². The Morgan fingerprint density at radius 1 is 1.38 bits per heavy atom. The molecule has 0 radical (unpaired) electrons. The number of aliphatic hydroxyl groups excluding tert-OH is 2. The fourth-order valence-corrected chi connectivity index (χ4v) is 2.70. The van der Waals surface area contributed by atoms with Crippen molar-refractivity contribution in [1.29, 1.82) is 5.26 Å². The topological polar surface area (TPSA) is 76.7 Å². The molecule has 1 aromatic rings. The summed E-state index contributed by atoms with van der Waals surface area (Å²) in [7, 11) is 0. The lowest BCUT2D eigenvalue weighted by Gasteiger charge is -2.35. The minimum atomic E-state index is -0.635. The summed E-state index contributed by atoms with van der Waals surface area (Å²) in [5, 5.41) is 28.5. The standard InChI is InChI=1S/C16H22N2O3/c17-9-13-5-1-2-7-16(13)21-12-15(20)10-18-8-4-3-6-14(18)11-19/h1-2,5,7,14-15,19-20H,3-4,6,8,10-12H2. The van der Waals surface area contributed by atoms with E-state index in [1.54, 1.807) is 24.3 Å². The number of benzene rings is 1. The minimum absolute atomic E-state index is 0.130. The quantitative estimate of drug-likeness (QED) is 0.821. The highest BCUT2D eigenvalue weighted by Crippen LogP contribution is 2.18. The molecule has 2 unspecified atom stereocenters. The number of rotatable bonds is 6. The molecule has 0 saturated carbocycles. The maximum atomic E-state index is 10.1. The van der Waals surface area contributed by atoms with Gasteiger partial charge in [0.1, 0.15) is 24.5 Å². The summed E-state index contributed by atoms with van der Waals surface area (Å²) in [4.78, 5) is 2.12. The Bertz CT molecular complexity index is 487. The average molecular weight is 290 g/mol. The lowest BCUT2D eigenvalue weighted by atomic mass is 10.0. The highest BCUT2D eigenvalue weighted by atomic mass is 16.5. The van der Waals surface area contributed by atoms with Crippen molar-refractivity contribution in [1.82, 2.24) is 4.90 Å². The molecule has 0 amide bonds. The number of para-hydroxylation sites is 1. The highest BCUT2D eigenvalue weighted by molar-refractivity contribution is 5.42. The number of hydrogen-bond donors (Lipinski definition) is 2. The van der Waals surface area contributed by atoms with Crippen molar-refractivity contribution in [3.05, 3.63) is 29.8 Å². The van der Waals surface area contributed by atoms with E-state index < -0.39 is 6.10 Å². The van der Waals surface area contributed by atoms with Gasteiger partial charge in [0.2, 0.25) is 0 Å². The maximum Gasteiger partial charge on any atom is 0.137 e. The summed E-state index contributed by atoms with van der Waals surface area (Å²) in [5.74, 6) is 0.497. The van der Waals surface area contributed by atoms with Crippen molar-refractivity contribution in [2.45, 2.75) is 31.4 Å². The molecule has 0 spiro atoms. The van der Waals surface area contributed by atoms with Gasteiger partial charge in [0, 0.05) is 12.6 Å². The predicted molar refractivity (Wildman–Crippen MR) is 79.0 cm³/mol. The normalized spacial score (nSPS) is 20.7. The first-order valence-corrected chi connectivity index (χ1v) is 7.39. The van der Waals surface area contributed by atoms with Gasteiger partial charge >= 0.3 is 0 Å². The summed E-state index contributed by atoms with van der Waals surface area (Å²) in [6.45, 7) is 1.66. The first-order valence-electron chi connectivity index (χ1n) is 7.39. The summed E-state index contributed by atoms with van der Waals surface area (Å²) in [5.41, 5.74) is 0.468. The Morgan fingerprint density at radius 2 is 2.19 bits per heavy atom. The fourth-order valence-electron chi connectivity index (χ4n) is 2.70. The van der Waals surface area contributed by atoms with Crippen LogP contribution in [0.3, 0.4) is 0 Å². The first-order chi connectivity index (χ1) is 10.2. The largest absolute Gasteiger partial charge is 0.489 e. The predicted octanol–water partition coefficient (Wildman–Crippen LogP) is 1.14. The van der Waals surface area contributed by atoms with Crippen LogP contribution >= 0.6 is 0 Å². The van der Waals surface area contributed by atoms with Crippen LogP contribution in [0.25, 0.3) is 0 Å². The molecular weight excluding hydrogens is 268 g/mol. The van der Waals surface area contributed by atoms with E-state index in [0.717, 1.165) is 25.8 Å². The third kappa shape index (κ3) is 4.43. The molecule has 2 atom stereocenters. The van der Waals surface area contributed by atoms with Crippen molar-refractivity contribution < 1.29 is 14.9 Å². The van der Waals surface area contributed by atoms with E-state index in [1.807, 2.05) is 0 Å². The molecule has 1 fully saturated rings. The number of β-amino-alcohol motifs (C(OH)–C–C–N with tert-alkyl or cyclic N) is 1. The van der Waals surface area contributed by atoms with E-state index in [2.05, 4.69) is 11.0 Å². The van der Waals surface area contributed by atoms with Crippen molar-refractivity contribution >= 4 is 0 Å². The molecule has 1 heterocycles. The lowest BCUT2D eigenvalue weighted by molar-refractivity contribution is 0.0231. The molecule has 0 aromatic heterocycles.